The molecule has 0 spiro atoms. The van der Waals surface area contributed by atoms with Gasteiger partial charge in [-0.05, 0) is 31.2 Å². The summed E-state index contributed by atoms with van der Waals surface area (Å²) in [5, 5.41) is 5.02. The lowest BCUT2D eigenvalue weighted by Crippen LogP contribution is -1.97. The standard InChI is InChI=1S/C14H13ClN4O/c1-2-20-12-4-3-9(7-11(12)16)14-17-13-8-10(15)5-6-19(13)18-14/h3-8H,2,16H2,1H3. The Balaban J connectivity index is 2.04. The van der Waals surface area contributed by atoms with Crippen molar-refractivity contribution in [1.82, 2.24) is 14.6 Å². The fourth-order valence-electron chi connectivity index (χ4n) is 1.95. The van der Waals surface area contributed by atoms with Crippen molar-refractivity contribution >= 4 is 22.9 Å². The first-order valence-corrected chi connectivity index (χ1v) is 6.60. The number of rotatable bonds is 3. The van der Waals surface area contributed by atoms with E-state index in [4.69, 9.17) is 22.1 Å². The Morgan fingerprint density at radius 1 is 1.30 bits per heavy atom. The SMILES string of the molecule is CCOc1ccc(-c2nc3cc(Cl)ccn3n2)cc1N. The lowest BCUT2D eigenvalue weighted by Gasteiger charge is -2.07. The number of halogens is 1. The molecule has 1 aromatic carbocycles. The van der Waals surface area contributed by atoms with E-state index in [1.54, 1.807) is 28.9 Å². The van der Waals surface area contributed by atoms with Gasteiger partial charge in [-0.25, -0.2) is 9.50 Å². The van der Waals surface area contributed by atoms with Gasteiger partial charge < -0.3 is 10.5 Å². The smallest absolute Gasteiger partial charge is 0.182 e. The first-order chi connectivity index (χ1) is 9.67. The van der Waals surface area contributed by atoms with Crippen LogP contribution in [0.4, 0.5) is 5.69 Å². The molecule has 2 aromatic heterocycles. The second kappa shape index (κ2) is 5.02. The Morgan fingerprint density at radius 2 is 2.15 bits per heavy atom. The predicted octanol–water partition coefficient (Wildman–Crippen LogP) is 3.03. The number of aromatic nitrogens is 3. The second-order valence-corrected chi connectivity index (χ2v) is 4.71. The van der Waals surface area contributed by atoms with Crippen LogP contribution in [0.1, 0.15) is 6.92 Å². The van der Waals surface area contributed by atoms with E-state index in [1.165, 1.54) is 0 Å². The fourth-order valence-corrected chi connectivity index (χ4v) is 2.11. The van der Waals surface area contributed by atoms with Crippen LogP contribution in [0.25, 0.3) is 17.0 Å². The second-order valence-electron chi connectivity index (χ2n) is 4.27. The van der Waals surface area contributed by atoms with Crippen molar-refractivity contribution in [3.8, 4) is 17.1 Å². The van der Waals surface area contributed by atoms with Gasteiger partial charge in [-0.2, -0.15) is 0 Å². The van der Waals surface area contributed by atoms with E-state index >= 15 is 0 Å². The summed E-state index contributed by atoms with van der Waals surface area (Å²) in [5.41, 5.74) is 8.06. The number of ether oxygens (including phenoxy) is 1. The molecule has 0 fully saturated rings. The number of nitrogens with two attached hydrogens (primary N) is 1. The van der Waals surface area contributed by atoms with Crippen LogP contribution < -0.4 is 10.5 Å². The molecule has 0 aliphatic carbocycles. The Morgan fingerprint density at radius 3 is 2.90 bits per heavy atom. The molecule has 0 saturated heterocycles. The highest BCUT2D eigenvalue weighted by molar-refractivity contribution is 6.30. The quantitative estimate of drug-likeness (QED) is 0.752. The number of nitrogen functional groups attached to an aromatic ring is 1. The molecule has 3 rings (SSSR count). The van der Waals surface area contributed by atoms with Crippen molar-refractivity contribution in [3.63, 3.8) is 0 Å². The molecular weight excluding hydrogens is 276 g/mol. The maximum absolute atomic E-state index is 5.95. The van der Waals surface area contributed by atoms with Crippen molar-refractivity contribution in [2.45, 2.75) is 6.92 Å². The van der Waals surface area contributed by atoms with Crippen LogP contribution in [-0.4, -0.2) is 21.2 Å². The van der Waals surface area contributed by atoms with Gasteiger partial charge in [-0.15, -0.1) is 5.10 Å². The minimum Gasteiger partial charge on any atom is -0.492 e. The molecule has 6 heteroatoms. The molecule has 0 saturated carbocycles. The molecule has 0 radical (unpaired) electrons. The van der Waals surface area contributed by atoms with E-state index < -0.39 is 0 Å². The number of nitrogens with zero attached hydrogens (tertiary/aromatic N) is 3. The van der Waals surface area contributed by atoms with Crippen LogP contribution in [0.3, 0.4) is 0 Å². The van der Waals surface area contributed by atoms with Crippen molar-refractivity contribution in [2.24, 2.45) is 0 Å². The van der Waals surface area contributed by atoms with E-state index in [2.05, 4.69) is 10.1 Å². The Hall–Kier alpha value is -2.27. The predicted molar refractivity (Wildman–Crippen MR) is 79.0 cm³/mol. The highest BCUT2D eigenvalue weighted by atomic mass is 35.5. The number of anilines is 1. The molecule has 102 valence electrons. The highest BCUT2D eigenvalue weighted by Crippen LogP contribution is 2.27. The molecule has 0 amide bonds. The zero-order valence-electron chi connectivity index (χ0n) is 10.9. The number of pyridine rings is 1. The maximum atomic E-state index is 5.95. The summed E-state index contributed by atoms with van der Waals surface area (Å²) in [6.07, 6.45) is 1.77. The zero-order valence-corrected chi connectivity index (χ0v) is 11.6. The van der Waals surface area contributed by atoms with Gasteiger partial charge in [0.05, 0.1) is 12.3 Å². The van der Waals surface area contributed by atoms with Gasteiger partial charge in [0.1, 0.15) is 5.75 Å². The van der Waals surface area contributed by atoms with Crippen LogP contribution in [0.5, 0.6) is 5.75 Å². The minimum atomic E-state index is 0.571. The van der Waals surface area contributed by atoms with E-state index in [-0.39, 0.29) is 0 Å². The van der Waals surface area contributed by atoms with Crippen LogP contribution in [-0.2, 0) is 0 Å². The summed E-state index contributed by atoms with van der Waals surface area (Å²) in [6, 6.07) is 9.04. The molecule has 5 nitrogen and oxygen atoms in total. The number of hydrogen-bond acceptors (Lipinski definition) is 4. The first kappa shape index (κ1) is 12.7. The van der Waals surface area contributed by atoms with Gasteiger partial charge in [-0.1, -0.05) is 11.6 Å². The summed E-state index contributed by atoms with van der Waals surface area (Å²) >= 11 is 5.94. The van der Waals surface area contributed by atoms with E-state index in [0.29, 0.717) is 34.5 Å². The van der Waals surface area contributed by atoms with Crippen molar-refractivity contribution in [3.05, 3.63) is 41.6 Å². The number of fused-ring (bicyclic) bond motifs is 1. The van der Waals surface area contributed by atoms with Crippen LogP contribution >= 0.6 is 11.6 Å². The molecule has 0 bridgehead atoms. The molecule has 0 aliphatic heterocycles. The topological polar surface area (TPSA) is 65.4 Å². The minimum absolute atomic E-state index is 0.571. The van der Waals surface area contributed by atoms with Crippen LogP contribution in [0.15, 0.2) is 36.5 Å². The average molecular weight is 289 g/mol. The third-order valence-electron chi connectivity index (χ3n) is 2.87. The van der Waals surface area contributed by atoms with E-state index in [0.717, 1.165) is 5.56 Å². The molecule has 2 heterocycles. The Bertz CT molecular complexity index is 769. The van der Waals surface area contributed by atoms with E-state index in [1.807, 2.05) is 19.1 Å². The summed E-state index contributed by atoms with van der Waals surface area (Å²) < 4.78 is 7.09. The van der Waals surface area contributed by atoms with Gasteiger partial charge >= 0.3 is 0 Å². The first-order valence-electron chi connectivity index (χ1n) is 6.22. The van der Waals surface area contributed by atoms with Crippen molar-refractivity contribution < 1.29 is 4.74 Å². The van der Waals surface area contributed by atoms with Crippen molar-refractivity contribution in [1.29, 1.82) is 0 Å². The summed E-state index contributed by atoms with van der Waals surface area (Å²) in [4.78, 5) is 4.43. The number of benzene rings is 1. The third-order valence-corrected chi connectivity index (χ3v) is 3.10. The summed E-state index contributed by atoms with van der Waals surface area (Å²) in [7, 11) is 0. The molecule has 0 aliphatic rings. The highest BCUT2D eigenvalue weighted by Gasteiger charge is 2.09. The van der Waals surface area contributed by atoms with Gasteiger partial charge in [-0.3, -0.25) is 0 Å². The average Bonchev–Trinajstić information content (AvgIpc) is 2.84. The monoisotopic (exact) mass is 288 g/mol. The Kier molecular flexibility index (Phi) is 3.20. The largest absolute Gasteiger partial charge is 0.492 e. The maximum Gasteiger partial charge on any atom is 0.182 e. The zero-order chi connectivity index (χ0) is 14.1. The third kappa shape index (κ3) is 2.28. The summed E-state index contributed by atoms with van der Waals surface area (Å²) in [6.45, 7) is 2.50. The van der Waals surface area contributed by atoms with Gasteiger partial charge in [0.15, 0.2) is 11.5 Å². The van der Waals surface area contributed by atoms with Crippen LogP contribution in [0, 0.1) is 0 Å². The molecule has 0 atom stereocenters. The molecule has 2 N–H and O–H groups in total. The fraction of sp³-hybridized carbons (Fsp3) is 0.143. The Labute approximate surface area is 121 Å². The van der Waals surface area contributed by atoms with Crippen molar-refractivity contribution in [2.75, 3.05) is 12.3 Å². The molecule has 3 aromatic rings. The summed E-state index contributed by atoms with van der Waals surface area (Å²) in [5.74, 6) is 1.27. The normalized spacial score (nSPS) is 10.9. The molecule has 20 heavy (non-hydrogen) atoms. The lowest BCUT2D eigenvalue weighted by molar-refractivity contribution is 0.342. The van der Waals surface area contributed by atoms with Crippen LogP contribution in [0.2, 0.25) is 5.02 Å². The molecule has 0 unspecified atom stereocenters. The number of hydrogen-bond donors (Lipinski definition) is 1. The molecular formula is C14H13ClN4O. The van der Waals surface area contributed by atoms with Gasteiger partial charge in [0.25, 0.3) is 0 Å². The van der Waals surface area contributed by atoms with E-state index in [9.17, 15) is 0 Å². The van der Waals surface area contributed by atoms with Gasteiger partial charge in [0, 0.05) is 22.8 Å². The van der Waals surface area contributed by atoms with Gasteiger partial charge in [0.2, 0.25) is 0 Å². The lowest BCUT2D eigenvalue weighted by atomic mass is 10.2.